The number of aryl methyl sites for hydroxylation is 3. The fourth-order valence-electron chi connectivity index (χ4n) is 7.93. The molecule has 7 atom stereocenters. The maximum atomic E-state index is 15.2. The third kappa shape index (κ3) is 5.08. The molecule has 2 fully saturated rings. The van der Waals surface area contributed by atoms with Crippen molar-refractivity contribution < 1.29 is 4.39 Å². The van der Waals surface area contributed by atoms with Crippen LogP contribution in [0.1, 0.15) is 102 Å². The molecule has 1 saturated carbocycles. The maximum absolute atomic E-state index is 15.2. The zero-order chi connectivity index (χ0) is 28.5. The van der Waals surface area contributed by atoms with Gasteiger partial charge < -0.3 is 9.62 Å². The quantitative estimate of drug-likeness (QED) is 0.370. The highest BCUT2D eigenvalue weighted by molar-refractivity contribution is 7.77. The molecule has 2 aliphatic heterocycles. The molecule has 210 valence electrons. The van der Waals surface area contributed by atoms with E-state index in [1.165, 1.54) is 28.7 Å². The van der Waals surface area contributed by atoms with Crippen LogP contribution >= 0.6 is 12.8 Å². The lowest BCUT2D eigenvalue weighted by molar-refractivity contribution is 0.181. The average molecular weight is 539 g/mol. The number of benzene rings is 2. The third-order valence-corrected chi connectivity index (χ3v) is 9.68. The van der Waals surface area contributed by atoms with Crippen LogP contribution in [-0.2, 0) is 0 Å². The van der Waals surface area contributed by atoms with Crippen molar-refractivity contribution in [2.45, 2.75) is 113 Å². The van der Waals surface area contributed by atoms with Crippen LogP contribution in [0.4, 0.5) is 4.39 Å². The van der Waals surface area contributed by atoms with Crippen molar-refractivity contribution in [1.82, 2.24) is 9.62 Å². The molecule has 0 radical (unpaired) electrons. The third-order valence-electron chi connectivity index (χ3n) is 9.13. The summed E-state index contributed by atoms with van der Waals surface area (Å²) in [6.45, 7) is 24.2. The van der Waals surface area contributed by atoms with E-state index >= 15 is 4.39 Å². The fraction of sp³-hybridized carbons (Fsp3) is 0.588. The molecule has 2 bridgehead atoms. The highest BCUT2D eigenvalue weighted by Gasteiger charge is 2.61. The molecule has 2 aromatic rings. The van der Waals surface area contributed by atoms with Crippen LogP contribution in [0.25, 0.3) is 5.57 Å². The number of fused-ring (bicyclic) bond motifs is 3. The average Bonchev–Trinajstić information content (AvgIpc) is 3.18. The van der Waals surface area contributed by atoms with Gasteiger partial charge in [-0.05, 0) is 81.2 Å². The Kier molecular flexibility index (Phi) is 9.85. The number of nitrogens with one attached hydrogen (secondary N) is 1. The van der Waals surface area contributed by atoms with Crippen molar-refractivity contribution in [2.24, 2.45) is 17.3 Å². The van der Waals surface area contributed by atoms with E-state index in [2.05, 4.69) is 84.1 Å². The normalized spacial score (nSPS) is 31.7. The van der Waals surface area contributed by atoms with Gasteiger partial charge in [0, 0.05) is 34.7 Å². The number of halogens is 1. The van der Waals surface area contributed by atoms with Crippen LogP contribution in [0, 0.1) is 43.8 Å². The number of hydrogen-bond acceptors (Lipinski definition) is 3. The van der Waals surface area contributed by atoms with Crippen molar-refractivity contribution >= 4 is 18.4 Å². The fourth-order valence-corrected chi connectivity index (χ4v) is 8.42. The van der Waals surface area contributed by atoms with Gasteiger partial charge in [0.05, 0.1) is 6.04 Å². The second-order valence-corrected chi connectivity index (χ2v) is 12.3. The first-order chi connectivity index (χ1) is 18.0. The van der Waals surface area contributed by atoms with Gasteiger partial charge in [0.15, 0.2) is 0 Å². The number of hydrogen-bond donors (Lipinski definition) is 2. The highest BCUT2D eigenvalue weighted by Crippen LogP contribution is 2.62. The van der Waals surface area contributed by atoms with Crippen LogP contribution in [0.15, 0.2) is 42.1 Å². The van der Waals surface area contributed by atoms with Gasteiger partial charge in [-0.15, -0.1) is 0 Å². The molecular weight excluding hydrogens is 487 g/mol. The largest absolute Gasteiger partial charge is 0.318 e. The van der Waals surface area contributed by atoms with Crippen molar-refractivity contribution in [2.75, 3.05) is 0 Å². The van der Waals surface area contributed by atoms with Crippen LogP contribution in [0.5, 0.6) is 0 Å². The lowest BCUT2D eigenvalue weighted by Crippen LogP contribution is -2.50. The van der Waals surface area contributed by atoms with E-state index in [1.807, 2.05) is 26.0 Å². The van der Waals surface area contributed by atoms with Crippen LogP contribution in [0.2, 0.25) is 0 Å². The Labute approximate surface area is 238 Å². The molecule has 2 heterocycles. The first-order valence-electron chi connectivity index (χ1n) is 14.8. The molecule has 2 aromatic carbocycles. The molecule has 6 unspecified atom stereocenters. The number of rotatable bonds is 2. The zero-order valence-corrected chi connectivity index (χ0v) is 26.5. The van der Waals surface area contributed by atoms with Crippen LogP contribution in [0.3, 0.4) is 0 Å². The predicted molar refractivity (Wildman–Crippen MR) is 166 cm³/mol. The summed E-state index contributed by atoms with van der Waals surface area (Å²) < 4.78 is 17.4. The standard InChI is InChI=1S/C29H37FN2S.C3H8.C2H6/c1-15-12-16(2)24(17(3)13-15)25-27-18(4)22(19(5)31-27)14-29(7)26(20(6)32(33)28(25)29)21-10-8-9-11-23(21)30;1-3-2;1-2/h8-13,18-19,22,25,27-28,31,33H,14H2,1-7H3;3H2,1-2H3;1-2H3/t18?,19?,22?,25?,27?,28?,29-;;/m1../s1. The smallest absolute Gasteiger partial charge is 0.130 e. The monoisotopic (exact) mass is 538 g/mol. The Morgan fingerprint density at radius 3 is 2.13 bits per heavy atom. The molecule has 5 rings (SSSR count). The second kappa shape index (κ2) is 12.2. The molecule has 0 aromatic heterocycles. The number of nitrogens with zero attached hydrogens (tertiary/aromatic N) is 1. The van der Waals surface area contributed by atoms with Gasteiger partial charge in [0.1, 0.15) is 5.82 Å². The molecule has 38 heavy (non-hydrogen) atoms. The number of thiol groups is 1. The minimum atomic E-state index is -0.202. The molecule has 3 aliphatic rings. The van der Waals surface area contributed by atoms with E-state index in [4.69, 9.17) is 12.8 Å². The molecule has 4 heteroatoms. The lowest BCUT2D eigenvalue weighted by atomic mass is 9.65. The second-order valence-electron chi connectivity index (χ2n) is 11.9. The minimum absolute atomic E-state index is 0.136. The summed E-state index contributed by atoms with van der Waals surface area (Å²) in [4.78, 5) is 0. The zero-order valence-electron chi connectivity index (χ0n) is 25.6. The van der Waals surface area contributed by atoms with Crippen molar-refractivity contribution in [3.63, 3.8) is 0 Å². The van der Waals surface area contributed by atoms with E-state index in [0.29, 0.717) is 23.9 Å². The summed E-state index contributed by atoms with van der Waals surface area (Å²) in [5.41, 5.74) is 8.21. The summed E-state index contributed by atoms with van der Waals surface area (Å²) in [5.74, 6) is 1.20. The molecule has 1 saturated heterocycles. The van der Waals surface area contributed by atoms with Gasteiger partial charge in [-0.2, -0.15) is 0 Å². The van der Waals surface area contributed by atoms with Gasteiger partial charge in [-0.3, -0.25) is 0 Å². The predicted octanol–water partition coefficient (Wildman–Crippen LogP) is 9.26. The molecular formula is C34H51FN2S. The van der Waals surface area contributed by atoms with E-state index in [1.54, 1.807) is 12.1 Å². The topological polar surface area (TPSA) is 15.3 Å². The molecule has 0 spiro atoms. The number of allylic oxidation sites excluding steroid dienone is 1. The van der Waals surface area contributed by atoms with E-state index in [9.17, 15) is 0 Å². The van der Waals surface area contributed by atoms with Gasteiger partial charge >= 0.3 is 0 Å². The van der Waals surface area contributed by atoms with E-state index in [0.717, 1.165) is 23.3 Å². The Balaban J connectivity index is 0.000000748. The first kappa shape index (κ1) is 30.8. The molecule has 1 aliphatic carbocycles. The Morgan fingerprint density at radius 2 is 1.58 bits per heavy atom. The summed E-state index contributed by atoms with van der Waals surface area (Å²) >= 11 is 5.13. The summed E-state index contributed by atoms with van der Waals surface area (Å²) in [5, 5.41) is 4.00. The van der Waals surface area contributed by atoms with Gasteiger partial charge in [0.25, 0.3) is 0 Å². The van der Waals surface area contributed by atoms with Crippen molar-refractivity contribution in [3.05, 3.63) is 75.7 Å². The van der Waals surface area contributed by atoms with E-state index in [-0.39, 0.29) is 23.2 Å². The van der Waals surface area contributed by atoms with Crippen LogP contribution in [-0.4, -0.2) is 22.4 Å². The van der Waals surface area contributed by atoms with Gasteiger partial charge in [-0.1, -0.05) is 96.7 Å². The SMILES string of the molecule is CC.CC1=C(c2ccccc2F)[C@@]2(C)CC3C(C)NC(C3C)C(c3c(C)cc(C)cc3C)C2N1S.CCC. The van der Waals surface area contributed by atoms with Gasteiger partial charge in [-0.25, -0.2) is 4.39 Å². The molecule has 2 nitrogen and oxygen atoms in total. The summed E-state index contributed by atoms with van der Waals surface area (Å²) in [6, 6.07) is 12.9. The first-order valence-corrected chi connectivity index (χ1v) is 15.2. The summed E-state index contributed by atoms with van der Waals surface area (Å²) in [7, 11) is 0. The lowest BCUT2D eigenvalue weighted by Gasteiger charge is -2.45. The Morgan fingerprint density at radius 1 is 1.03 bits per heavy atom. The van der Waals surface area contributed by atoms with Crippen molar-refractivity contribution in [3.8, 4) is 0 Å². The van der Waals surface area contributed by atoms with E-state index < -0.39 is 0 Å². The van der Waals surface area contributed by atoms with Crippen molar-refractivity contribution in [1.29, 1.82) is 0 Å². The Hall–Kier alpha value is -1.78. The van der Waals surface area contributed by atoms with Crippen LogP contribution < -0.4 is 5.32 Å². The maximum Gasteiger partial charge on any atom is 0.130 e. The molecule has 1 N–H and O–H groups in total. The minimum Gasteiger partial charge on any atom is -0.318 e. The molecule has 0 amide bonds. The van der Waals surface area contributed by atoms with Gasteiger partial charge in [0.2, 0.25) is 0 Å². The highest BCUT2D eigenvalue weighted by atomic mass is 32.1. The summed E-state index contributed by atoms with van der Waals surface area (Å²) in [6.07, 6.45) is 2.28. The Bertz CT molecular complexity index is 1130.